The molecule has 0 aromatic heterocycles. The number of aliphatic hydroxyl groups is 1. The Kier molecular flexibility index (Phi) is 7.90. The number of unbranched alkanes of at least 4 members (excludes halogenated alkanes) is 3. The van der Waals surface area contributed by atoms with Gasteiger partial charge in [0.05, 0.1) is 16.5 Å². The molecule has 1 aromatic carbocycles. The Bertz CT molecular complexity index is 803. The van der Waals surface area contributed by atoms with Crippen molar-refractivity contribution in [1.82, 2.24) is 4.90 Å². The monoisotopic (exact) mass is 403 g/mol. The number of nitrogens with zero attached hydrogens (tertiary/aromatic N) is 2. The van der Waals surface area contributed by atoms with Gasteiger partial charge in [0.25, 0.3) is 11.6 Å². The topological polar surface area (TPSA) is 127 Å². The third kappa shape index (κ3) is 5.41. The first-order valence-corrected chi connectivity index (χ1v) is 9.99. The Morgan fingerprint density at radius 1 is 1.28 bits per heavy atom. The summed E-state index contributed by atoms with van der Waals surface area (Å²) in [6.07, 6.45) is 3.56. The number of aliphatic hydroxyl groups excluding tert-OH is 1. The Balaban J connectivity index is 2.38. The first-order valence-electron chi connectivity index (χ1n) is 9.99. The van der Waals surface area contributed by atoms with E-state index in [0.29, 0.717) is 25.1 Å². The number of ketones is 1. The summed E-state index contributed by atoms with van der Waals surface area (Å²) in [5.41, 5.74) is 5.86. The molecule has 8 heteroatoms. The maximum atomic E-state index is 12.8. The number of rotatable bonds is 11. The van der Waals surface area contributed by atoms with E-state index in [1.165, 1.54) is 23.1 Å². The van der Waals surface area contributed by atoms with E-state index in [1.54, 1.807) is 6.07 Å². The lowest BCUT2D eigenvalue weighted by Crippen LogP contribution is -2.32. The predicted octanol–water partition coefficient (Wildman–Crippen LogP) is 3.42. The van der Waals surface area contributed by atoms with Crippen LogP contribution in [0.1, 0.15) is 57.6 Å². The molecule has 1 heterocycles. The van der Waals surface area contributed by atoms with Crippen LogP contribution in [0.4, 0.5) is 5.69 Å². The molecule has 3 N–H and O–H groups in total. The van der Waals surface area contributed by atoms with Crippen molar-refractivity contribution in [2.24, 2.45) is 11.7 Å². The van der Waals surface area contributed by atoms with E-state index in [-0.39, 0.29) is 29.4 Å². The maximum absolute atomic E-state index is 12.8. The van der Waals surface area contributed by atoms with Crippen LogP contribution in [0.5, 0.6) is 0 Å². The quantitative estimate of drug-likeness (QED) is 0.331. The average Bonchev–Trinajstić information content (AvgIpc) is 2.92. The van der Waals surface area contributed by atoms with Gasteiger partial charge in [0, 0.05) is 25.1 Å². The number of nitrogens with two attached hydrogens (primary N) is 1. The molecule has 1 aromatic rings. The molecule has 0 spiro atoms. The summed E-state index contributed by atoms with van der Waals surface area (Å²) >= 11 is 0. The number of Topliss-reactive ketones (excluding diaryl/α,β-unsaturated/α-hetero) is 1. The maximum Gasteiger partial charge on any atom is 0.290 e. The minimum absolute atomic E-state index is 0.0335. The Hall–Kier alpha value is -2.74. The highest BCUT2D eigenvalue weighted by molar-refractivity contribution is 6.09. The summed E-state index contributed by atoms with van der Waals surface area (Å²) in [5, 5.41) is 21.7. The van der Waals surface area contributed by atoms with Gasteiger partial charge in [-0.1, -0.05) is 38.8 Å². The van der Waals surface area contributed by atoms with Crippen LogP contribution in [-0.4, -0.2) is 39.7 Å². The zero-order valence-electron chi connectivity index (χ0n) is 17.0. The van der Waals surface area contributed by atoms with E-state index in [1.807, 2.05) is 13.8 Å². The number of nitro groups is 1. The summed E-state index contributed by atoms with van der Waals surface area (Å²) in [6.45, 7) is 4.71. The molecule has 1 amide bonds. The number of hydrogen-bond donors (Lipinski definition) is 2. The van der Waals surface area contributed by atoms with E-state index >= 15 is 0 Å². The molecule has 0 radical (unpaired) electrons. The summed E-state index contributed by atoms with van der Waals surface area (Å²) in [6, 6.07) is 5.07. The molecule has 1 aliphatic rings. The van der Waals surface area contributed by atoms with Gasteiger partial charge in [-0.25, -0.2) is 0 Å². The van der Waals surface area contributed by atoms with E-state index in [0.717, 1.165) is 19.3 Å². The molecule has 1 atom stereocenters. The molecule has 158 valence electrons. The van der Waals surface area contributed by atoms with Crippen LogP contribution in [0.25, 0.3) is 0 Å². The van der Waals surface area contributed by atoms with Crippen molar-refractivity contribution in [2.75, 3.05) is 13.1 Å². The van der Waals surface area contributed by atoms with Crippen molar-refractivity contribution in [2.45, 2.75) is 52.0 Å². The minimum Gasteiger partial charge on any atom is -0.503 e. The van der Waals surface area contributed by atoms with Crippen LogP contribution in [0.15, 0.2) is 35.6 Å². The number of amides is 1. The van der Waals surface area contributed by atoms with Gasteiger partial charge in [0.1, 0.15) is 0 Å². The summed E-state index contributed by atoms with van der Waals surface area (Å²) in [4.78, 5) is 37.7. The SMILES string of the molecule is CC(C)CC(=O)C1=C(O)C(=O)N(CCCCCCN)C1c1cccc([N+](=O)[O-])c1. The lowest BCUT2D eigenvalue weighted by Gasteiger charge is -2.27. The number of carbonyl (C=O) groups excluding carboxylic acids is 2. The van der Waals surface area contributed by atoms with Crippen molar-refractivity contribution in [3.8, 4) is 0 Å². The van der Waals surface area contributed by atoms with Crippen LogP contribution >= 0.6 is 0 Å². The zero-order chi connectivity index (χ0) is 21.6. The summed E-state index contributed by atoms with van der Waals surface area (Å²) < 4.78 is 0. The number of nitro benzene ring substituents is 1. The van der Waals surface area contributed by atoms with Crippen LogP contribution < -0.4 is 5.73 Å². The fraction of sp³-hybridized carbons (Fsp3) is 0.524. The van der Waals surface area contributed by atoms with Crippen molar-refractivity contribution < 1.29 is 19.6 Å². The first-order chi connectivity index (χ1) is 13.8. The standard InChI is InChI=1S/C21H29N3O5/c1-14(2)12-17(25)18-19(15-8-7-9-16(13-15)24(28)29)23(21(27)20(18)26)11-6-4-3-5-10-22/h7-9,13-14,19,26H,3-6,10-12,22H2,1-2H3. The second-order valence-corrected chi connectivity index (χ2v) is 7.74. The zero-order valence-corrected chi connectivity index (χ0v) is 17.0. The third-order valence-electron chi connectivity index (χ3n) is 4.95. The fourth-order valence-corrected chi connectivity index (χ4v) is 3.58. The van der Waals surface area contributed by atoms with Crippen LogP contribution in [0.3, 0.4) is 0 Å². The van der Waals surface area contributed by atoms with Crippen molar-refractivity contribution in [1.29, 1.82) is 0 Å². The number of carbonyl (C=O) groups is 2. The van der Waals surface area contributed by atoms with Gasteiger partial charge >= 0.3 is 0 Å². The van der Waals surface area contributed by atoms with Crippen molar-refractivity contribution >= 4 is 17.4 Å². The van der Waals surface area contributed by atoms with Gasteiger partial charge in [-0.05, 0) is 30.9 Å². The highest BCUT2D eigenvalue weighted by Crippen LogP contribution is 2.39. The molecule has 0 fully saturated rings. The van der Waals surface area contributed by atoms with Gasteiger partial charge in [0.2, 0.25) is 0 Å². The second-order valence-electron chi connectivity index (χ2n) is 7.74. The summed E-state index contributed by atoms with van der Waals surface area (Å²) in [5.74, 6) is -1.41. The van der Waals surface area contributed by atoms with E-state index in [9.17, 15) is 24.8 Å². The molecule has 0 saturated carbocycles. The van der Waals surface area contributed by atoms with Crippen molar-refractivity contribution in [3.05, 3.63) is 51.3 Å². The van der Waals surface area contributed by atoms with E-state index in [4.69, 9.17) is 5.73 Å². The highest BCUT2D eigenvalue weighted by Gasteiger charge is 2.43. The number of hydrogen-bond acceptors (Lipinski definition) is 6. The smallest absolute Gasteiger partial charge is 0.290 e. The number of benzene rings is 1. The molecule has 29 heavy (non-hydrogen) atoms. The molecule has 1 aliphatic heterocycles. The molecule has 0 aliphatic carbocycles. The second kappa shape index (κ2) is 10.2. The van der Waals surface area contributed by atoms with Gasteiger partial charge in [0.15, 0.2) is 11.5 Å². The normalized spacial score (nSPS) is 16.8. The van der Waals surface area contributed by atoms with E-state index in [2.05, 4.69) is 0 Å². The van der Waals surface area contributed by atoms with Crippen LogP contribution in [0.2, 0.25) is 0 Å². The minimum atomic E-state index is -0.817. The van der Waals surface area contributed by atoms with Gasteiger partial charge in [-0.3, -0.25) is 19.7 Å². The van der Waals surface area contributed by atoms with Gasteiger partial charge in [-0.15, -0.1) is 0 Å². The summed E-state index contributed by atoms with van der Waals surface area (Å²) in [7, 11) is 0. The lowest BCUT2D eigenvalue weighted by atomic mass is 9.92. The first kappa shape index (κ1) is 22.5. The number of non-ortho nitro benzene ring substituents is 1. The van der Waals surface area contributed by atoms with Gasteiger partial charge < -0.3 is 15.7 Å². The largest absolute Gasteiger partial charge is 0.503 e. The molecule has 0 saturated heterocycles. The third-order valence-corrected chi connectivity index (χ3v) is 4.95. The van der Waals surface area contributed by atoms with Crippen LogP contribution in [0, 0.1) is 16.0 Å². The van der Waals surface area contributed by atoms with Crippen LogP contribution in [-0.2, 0) is 9.59 Å². The average molecular weight is 403 g/mol. The fourth-order valence-electron chi connectivity index (χ4n) is 3.58. The predicted molar refractivity (Wildman–Crippen MR) is 109 cm³/mol. The lowest BCUT2D eigenvalue weighted by molar-refractivity contribution is -0.384. The van der Waals surface area contributed by atoms with Crippen molar-refractivity contribution in [3.63, 3.8) is 0 Å². The molecular formula is C21H29N3O5. The van der Waals surface area contributed by atoms with Gasteiger partial charge in [-0.2, -0.15) is 0 Å². The Morgan fingerprint density at radius 3 is 2.59 bits per heavy atom. The molecule has 2 rings (SSSR count). The Morgan fingerprint density at radius 2 is 1.97 bits per heavy atom. The molecule has 0 bridgehead atoms. The molecule has 1 unspecified atom stereocenters. The molecule has 8 nitrogen and oxygen atoms in total. The highest BCUT2D eigenvalue weighted by atomic mass is 16.6. The Labute approximate surface area is 170 Å². The van der Waals surface area contributed by atoms with E-state index < -0.39 is 22.6 Å². The molecular weight excluding hydrogens is 374 g/mol.